The van der Waals surface area contributed by atoms with Crippen molar-refractivity contribution in [3.8, 4) is 0 Å². The first kappa shape index (κ1) is 13.6. The van der Waals surface area contributed by atoms with Crippen LogP contribution >= 0.6 is 0 Å². The summed E-state index contributed by atoms with van der Waals surface area (Å²) in [7, 11) is 0. The fourth-order valence-electron chi connectivity index (χ4n) is 0.781. The van der Waals surface area contributed by atoms with Gasteiger partial charge in [-0.05, 0) is 6.42 Å². The summed E-state index contributed by atoms with van der Waals surface area (Å²) < 4.78 is 4.81. The number of carbonyl (C=O) groups excluding carboxylic acids is 2. The molecule has 0 aliphatic heterocycles. The Morgan fingerprint density at radius 3 is 2.67 bits per heavy atom. The second kappa shape index (κ2) is 7.99. The highest BCUT2D eigenvalue weighted by atomic mass is 16.5. The summed E-state index contributed by atoms with van der Waals surface area (Å²) in [4.78, 5) is 22.4. The number of hydrogen-bond acceptors (Lipinski definition) is 4. The van der Waals surface area contributed by atoms with Gasteiger partial charge in [-0.2, -0.15) is 0 Å². The van der Waals surface area contributed by atoms with E-state index >= 15 is 0 Å². The van der Waals surface area contributed by atoms with E-state index in [1.807, 2.05) is 6.92 Å². The van der Waals surface area contributed by atoms with Gasteiger partial charge in [0.15, 0.2) is 0 Å². The summed E-state index contributed by atoms with van der Waals surface area (Å²) in [5, 5.41) is 2.44. The van der Waals surface area contributed by atoms with Crippen LogP contribution in [0.5, 0.6) is 0 Å². The molecule has 0 aromatic rings. The van der Waals surface area contributed by atoms with Crippen LogP contribution in [0.2, 0.25) is 0 Å². The molecule has 0 saturated carbocycles. The average Bonchev–Trinajstić information content (AvgIpc) is 2.24. The summed E-state index contributed by atoms with van der Waals surface area (Å²) in [6, 6.07) is 0. The molecule has 15 heavy (non-hydrogen) atoms. The van der Waals surface area contributed by atoms with E-state index in [0.29, 0.717) is 19.7 Å². The Kier molecular flexibility index (Phi) is 7.27. The van der Waals surface area contributed by atoms with E-state index in [4.69, 9.17) is 10.5 Å². The van der Waals surface area contributed by atoms with Gasteiger partial charge in [0, 0.05) is 13.1 Å². The van der Waals surface area contributed by atoms with Crippen molar-refractivity contribution in [1.29, 1.82) is 0 Å². The second-order valence-electron chi connectivity index (χ2n) is 3.01. The molecule has 86 valence electrons. The van der Waals surface area contributed by atoms with E-state index in [1.165, 1.54) is 0 Å². The monoisotopic (exact) mass is 214 g/mol. The first-order chi connectivity index (χ1) is 7.13. The van der Waals surface area contributed by atoms with E-state index < -0.39 is 11.9 Å². The fraction of sp³-hybridized carbons (Fsp3) is 0.600. The summed E-state index contributed by atoms with van der Waals surface area (Å²) >= 11 is 0. The average molecular weight is 214 g/mol. The topological polar surface area (TPSA) is 81.4 Å². The maximum absolute atomic E-state index is 11.2. The fourth-order valence-corrected chi connectivity index (χ4v) is 0.781. The Hall–Kier alpha value is -1.36. The van der Waals surface area contributed by atoms with Gasteiger partial charge >= 0.3 is 5.97 Å². The molecular formula is C10H18N2O3. The van der Waals surface area contributed by atoms with Gasteiger partial charge in [-0.1, -0.05) is 19.9 Å². The highest BCUT2D eigenvalue weighted by Crippen LogP contribution is 1.97. The second-order valence-corrected chi connectivity index (χ2v) is 3.01. The minimum absolute atomic E-state index is 0.181. The quantitative estimate of drug-likeness (QED) is 0.205. The van der Waals surface area contributed by atoms with Crippen LogP contribution in [0.1, 0.15) is 19.8 Å². The third-order valence-electron chi connectivity index (χ3n) is 1.68. The Bertz CT molecular complexity index is 239. The molecule has 0 aromatic carbocycles. The van der Waals surface area contributed by atoms with Gasteiger partial charge in [0.25, 0.3) is 5.91 Å². The molecule has 0 saturated heterocycles. The van der Waals surface area contributed by atoms with Crippen LogP contribution in [-0.4, -0.2) is 31.6 Å². The Balaban J connectivity index is 3.86. The predicted octanol–water partition coefficient (Wildman–Crippen LogP) is -0.0392. The van der Waals surface area contributed by atoms with E-state index in [9.17, 15) is 9.59 Å². The van der Waals surface area contributed by atoms with Gasteiger partial charge in [0.05, 0.1) is 6.61 Å². The number of unbranched alkanes of at least 4 members (excludes halogenated alkanes) is 1. The molecule has 0 bridgehead atoms. The molecule has 0 aliphatic carbocycles. The Morgan fingerprint density at radius 2 is 2.13 bits per heavy atom. The maximum Gasteiger partial charge on any atom is 0.343 e. The number of carbonyl (C=O) groups is 2. The van der Waals surface area contributed by atoms with Gasteiger partial charge < -0.3 is 15.8 Å². The van der Waals surface area contributed by atoms with Crippen molar-refractivity contribution in [3.63, 3.8) is 0 Å². The zero-order chi connectivity index (χ0) is 11.7. The molecule has 0 aliphatic rings. The maximum atomic E-state index is 11.2. The lowest BCUT2D eigenvalue weighted by Gasteiger charge is -2.06. The number of nitrogens with two attached hydrogens (primary N) is 1. The lowest BCUT2D eigenvalue weighted by Crippen LogP contribution is -2.32. The van der Waals surface area contributed by atoms with Crippen molar-refractivity contribution < 1.29 is 14.3 Å². The van der Waals surface area contributed by atoms with E-state index in [-0.39, 0.29) is 5.57 Å². The number of nitrogens with one attached hydrogen (secondary N) is 1. The molecule has 0 fully saturated rings. The summed E-state index contributed by atoms with van der Waals surface area (Å²) in [6.07, 6.45) is 1.71. The third kappa shape index (κ3) is 5.85. The van der Waals surface area contributed by atoms with Crippen LogP contribution in [0.15, 0.2) is 12.2 Å². The molecule has 5 heteroatoms. The zero-order valence-corrected chi connectivity index (χ0v) is 9.04. The molecule has 0 heterocycles. The summed E-state index contributed by atoms with van der Waals surface area (Å²) in [5.41, 5.74) is 5.01. The van der Waals surface area contributed by atoms with Crippen molar-refractivity contribution in [1.82, 2.24) is 5.32 Å². The van der Waals surface area contributed by atoms with E-state index in [2.05, 4.69) is 11.9 Å². The molecule has 3 N–H and O–H groups in total. The highest BCUT2D eigenvalue weighted by molar-refractivity contribution is 6.15. The molecule has 0 unspecified atom stereocenters. The number of hydrogen-bond donors (Lipinski definition) is 2. The zero-order valence-electron chi connectivity index (χ0n) is 9.04. The third-order valence-corrected chi connectivity index (χ3v) is 1.68. The van der Waals surface area contributed by atoms with Gasteiger partial charge in [0.2, 0.25) is 0 Å². The van der Waals surface area contributed by atoms with Crippen molar-refractivity contribution >= 4 is 11.9 Å². The Morgan fingerprint density at radius 1 is 1.47 bits per heavy atom. The smallest absolute Gasteiger partial charge is 0.343 e. The van der Waals surface area contributed by atoms with Crippen LogP contribution in [0, 0.1) is 0 Å². The Labute approximate surface area is 89.7 Å². The summed E-state index contributed by atoms with van der Waals surface area (Å²) in [5.74, 6) is -1.19. The first-order valence-electron chi connectivity index (χ1n) is 4.97. The summed E-state index contributed by atoms with van der Waals surface area (Å²) in [6.45, 7) is 6.30. The van der Waals surface area contributed by atoms with E-state index in [1.54, 1.807) is 0 Å². The number of amides is 1. The lowest BCUT2D eigenvalue weighted by atomic mass is 10.3. The number of ether oxygens (including phenoxy) is 1. The van der Waals surface area contributed by atoms with E-state index in [0.717, 1.165) is 12.8 Å². The van der Waals surface area contributed by atoms with Gasteiger partial charge in [0.1, 0.15) is 5.57 Å². The molecule has 1 amide bonds. The molecule has 0 aromatic heterocycles. The van der Waals surface area contributed by atoms with Crippen LogP contribution in [0.25, 0.3) is 0 Å². The molecular weight excluding hydrogens is 196 g/mol. The molecule has 0 spiro atoms. The normalized spacial score (nSPS) is 9.47. The number of rotatable bonds is 7. The lowest BCUT2D eigenvalue weighted by molar-refractivity contribution is -0.140. The van der Waals surface area contributed by atoms with Crippen molar-refractivity contribution in [2.75, 3.05) is 19.7 Å². The van der Waals surface area contributed by atoms with Crippen molar-refractivity contribution in [2.24, 2.45) is 5.73 Å². The van der Waals surface area contributed by atoms with Gasteiger partial charge in [-0.25, -0.2) is 4.79 Å². The van der Waals surface area contributed by atoms with Crippen LogP contribution in [0.4, 0.5) is 0 Å². The van der Waals surface area contributed by atoms with Crippen molar-refractivity contribution in [3.05, 3.63) is 12.2 Å². The van der Waals surface area contributed by atoms with Crippen LogP contribution in [-0.2, 0) is 14.3 Å². The predicted molar refractivity (Wildman–Crippen MR) is 57.1 cm³/mol. The molecule has 5 nitrogen and oxygen atoms in total. The largest absolute Gasteiger partial charge is 0.462 e. The number of esters is 1. The van der Waals surface area contributed by atoms with Crippen LogP contribution in [0.3, 0.4) is 0 Å². The molecule has 0 atom stereocenters. The van der Waals surface area contributed by atoms with Crippen molar-refractivity contribution in [2.45, 2.75) is 19.8 Å². The first-order valence-corrected chi connectivity index (χ1v) is 4.97. The minimum atomic E-state index is -0.669. The SMILES string of the molecule is C=C(C(=O)NCCN)C(=O)OCCCC. The standard InChI is InChI=1S/C10H18N2O3/c1-3-4-7-15-10(14)8(2)9(13)12-6-5-11/h2-7,11H2,1H3,(H,12,13). The van der Waals surface area contributed by atoms with Gasteiger partial charge in [-0.3, -0.25) is 4.79 Å². The molecule has 0 radical (unpaired) electrons. The van der Waals surface area contributed by atoms with Gasteiger partial charge in [-0.15, -0.1) is 0 Å². The van der Waals surface area contributed by atoms with Crippen LogP contribution < -0.4 is 11.1 Å². The minimum Gasteiger partial charge on any atom is -0.462 e. The molecule has 0 rings (SSSR count). The highest BCUT2D eigenvalue weighted by Gasteiger charge is 2.15.